The first-order valence-corrected chi connectivity index (χ1v) is 8.78. The summed E-state index contributed by atoms with van der Waals surface area (Å²) in [6, 6.07) is 0.212. The van der Waals surface area contributed by atoms with Gasteiger partial charge in [0.2, 0.25) is 5.91 Å². The molecule has 0 radical (unpaired) electrons. The number of nitrogens with one attached hydrogen (secondary N) is 1. The Labute approximate surface area is 133 Å². The minimum atomic E-state index is -0.217. The quantitative estimate of drug-likeness (QED) is 0.868. The lowest BCUT2D eigenvalue weighted by Crippen LogP contribution is -2.48. The maximum atomic E-state index is 12.2. The lowest BCUT2D eigenvalue weighted by atomic mass is 9.88. The predicted molar refractivity (Wildman–Crippen MR) is 85.5 cm³/mol. The Morgan fingerprint density at radius 2 is 1.73 bits per heavy atom. The van der Waals surface area contributed by atoms with Crippen LogP contribution in [0, 0.1) is 11.8 Å². The van der Waals surface area contributed by atoms with E-state index in [9.17, 15) is 9.59 Å². The Kier molecular flexibility index (Phi) is 6.52. The van der Waals surface area contributed by atoms with E-state index in [1.807, 2.05) is 13.8 Å². The molecule has 1 saturated heterocycles. The normalized spacial score (nSPS) is 21.0. The number of nitrogens with zero attached hydrogens (tertiary/aromatic N) is 1. The van der Waals surface area contributed by atoms with Gasteiger partial charge >= 0.3 is 6.09 Å². The molecule has 2 amide bonds. The molecule has 2 fully saturated rings. The molecule has 0 bridgehead atoms. The van der Waals surface area contributed by atoms with E-state index in [1.165, 1.54) is 19.3 Å². The molecule has 0 spiro atoms. The first-order valence-electron chi connectivity index (χ1n) is 8.78. The summed E-state index contributed by atoms with van der Waals surface area (Å²) in [5.74, 6) is 0.791. The van der Waals surface area contributed by atoms with Crippen molar-refractivity contribution in [1.29, 1.82) is 0 Å². The zero-order valence-electron chi connectivity index (χ0n) is 14.0. The van der Waals surface area contributed by atoms with Crippen LogP contribution in [0.1, 0.15) is 58.8 Å². The third-order valence-electron chi connectivity index (χ3n) is 4.62. The van der Waals surface area contributed by atoms with Gasteiger partial charge in [-0.1, -0.05) is 33.1 Å². The Morgan fingerprint density at radius 1 is 1.09 bits per heavy atom. The van der Waals surface area contributed by atoms with Crippen LogP contribution in [0.15, 0.2) is 0 Å². The van der Waals surface area contributed by atoms with Gasteiger partial charge in [0.15, 0.2) is 0 Å². The average molecular weight is 310 g/mol. The fourth-order valence-corrected chi connectivity index (χ4v) is 3.22. The number of piperidine rings is 1. The van der Waals surface area contributed by atoms with E-state index in [0.717, 1.165) is 25.7 Å². The van der Waals surface area contributed by atoms with Crippen LogP contribution in [0.25, 0.3) is 0 Å². The number of hydrogen-bond donors (Lipinski definition) is 1. The zero-order valence-corrected chi connectivity index (χ0v) is 14.0. The Balaban J connectivity index is 1.68. The van der Waals surface area contributed by atoms with Gasteiger partial charge in [-0.25, -0.2) is 4.79 Å². The molecule has 0 aromatic carbocycles. The number of carbonyl (C=O) groups is 2. The van der Waals surface area contributed by atoms with E-state index in [4.69, 9.17) is 4.74 Å². The van der Waals surface area contributed by atoms with Gasteiger partial charge < -0.3 is 15.0 Å². The highest BCUT2D eigenvalue weighted by atomic mass is 16.6. The minimum Gasteiger partial charge on any atom is -0.449 e. The van der Waals surface area contributed by atoms with Gasteiger partial charge in [-0.3, -0.25) is 4.79 Å². The molecular formula is C17H30N2O3. The van der Waals surface area contributed by atoms with Gasteiger partial charge in [0.25, 0.3) is 0 Å². The SMILES string of the molecule is CC(C)COC(=O)N1CCC(NC(=O)C2CCCCC2)CC1. The van der Waals surface area contributed by atoms with Crippen LogP contribution in [-0.2, 0) is 9.53 Å². The fourth-order valence-electron chi connectivity index (χ4n) is 3.22. The predicted octanol–water partition coefficient (Wildman–Crippen LogP) is 2.94. The summed E-state index contributed by atoms with van der Waals surface area (Å²) >= 11 is 0. The molecule has 22 heavy (non-hydrogen) atoms. The van der Waals surface area contributed by atoms with Crippen molar-refractivity contribution in [2.24, 2.45) is 11.8 Å². The van der Waals surface area contributed by atoms with Crippen LogP contribution in [0.2, 0.25) is 0 Å². The summed E-state index contributed by atoms with van der Waals surface area (Å²) in [7, 11) is 0. The molecule has 0 unspecified atom stereocenters. The number of rotatable bonds is 4. The summed E-state index contributed by atoms with van der Waals surface area (Å²) in [5.41, 5.74) is 0. The molecule has 0 atom stereocenters. The van der Waals surface area contributed by atoms with E-state index in [0.29, 0.717) is 25.6 Å². The van der Waals surface area contributed by atoms with Crippen molar-refractivity contribution in [1.82, 2.24) is 10.2 Å². The van der Waals surface area contributed by atoms with Crippen LogP contribution in [0.5, 0.6) is 0 Å². The maximum absolute atomic E-state index is 12.2. The second-order valence-corrected chi connectivity index (χ2v) is 7.08. The molecule has 1 heterocycles. The highest BCUT2D eigenvalue weighted by Gasteiger charge is 2.27. The zero-order chi connectivity index (χ0) is 15.9. The summed E-state index contributed by atoms with van der Waals surface area (Å²) in [4.78, 5) is 25.9. The van der Waals surface area contributed by atoms with Crippen molar-refractivity contribution < 1.29 is 14.3 Å². The monoisotopic (exact) mass is 310 g/mol. The van der Waals surface area contributed by atoms with Crippen LogP contribution in [-0.4, -0.2) is 42.6 Å². The highest BCUT2D eigenvalue weighted by Crippen LogP contribution is 2.24. The lowest BCUT2D eigenvalue weighted by molar-refractivity contribution is -0.126. The molecule has 5 heteroatoms. The fraction of sp³-hybridized carbons (Fsp3) is 0.882. The van der Waals surface area contributed by atoms with Gasteiger partial charge in [0.05, 0.1) is 6.61 Å². The molecule has 1 N–H and O–H groups in total. The lowest BCUT2D eigenvalue weighted by Gasteiger charge is -2.33. The van der Waals surface area contributed by atoms with Gasteiger partial charge in [-0.15, -0.1) is 0 Å². The molecule has 1 aliphatic heterocycles. The van der Waals surface area contributed by atoms with Gasteiger partial charge in [-0.05, 0) is 31.6 Å². The topological polar surface area (TPSA) is 58.6 Å². The number of amides is 2. The van der Waals surface area contributed by atoms with Gasteiger partial charge in [-0.2, -0.15) is 0 Å². The van der Waals surface area contributed by atoms with Gasteiger partial charge in [0.1, 0.15) is 0 Å². The molecule has 1 aliphatic carbocycles. The molecule has 2 rings (SSSR count). The average Bonchev–Trinajstić information content (AvgIpc) is 2.54. The molecule has 2 aliphatic rings. The summed E-state index contributed by atoms with van der Waals surface area (Å²) in [6.07, 6.45) is 7.13. The summed E-state index contributed by atoms with van der Waals surface area (Å²) in [6.45, 7) is 5.87. The van der Waals surface area contributed by atoms with Crippen molar-refractivity contribution >= 4 is 12.0 Å². The van der Waals surface area contributed by atoms with Crippen molar-refractivity contribution in [2.75, 3.05) is 19.7 Å². The van der Waals surface area contributed by atoms with E-state index >= 15 is 0 Å². The second-order valence-electron chi connectivity index (χ2n) is 7.08. The summed E-state index contributed by atoms with van der Waals surface area (Å²) < 4.78 is 5.25. The highest BCUT2D eigenvalue weighted by molar-refractivity contribution is 5.79. The largest absolute Gasteiger partial charge is 0.449 e. The third kappa shape index (κ3) is 5.18. The smallest absolute Gasteiger partial charge is 0.409 e. The second kappa shape index (κ2) is 8.39. The number of hydrogen-bond acceptors (Lipinski definition) is 3. The Bertz CT molecular complexity index is 370. The Morgan fingerprint density at radius 3 is 2.32 bits per heavy atom. The minimum absolute atomic E-state index is 0.211. The molecule has 0 aromatic rings. The maximum Gasteiger partial charge on any atom is 0.409 e. The molecule has 1 saturated carbocycles. The van der Waals surface area contributed by atoms with Gasteiger partial charge in [0, 0.05) is 25.0 Å². The Hall–Kier alpha value is -1.26. The van der Waals surface area contributed by atoms with Crippen LogP contribution in [0.4, 0.5) is 4.79 Å². The van der Waals surface area contributed by atoms with Crippen molar-refractivity contribution in [2.45, 2.75) is 64.8 Å². The summed E-state index contributed by atoms with van der Waals surface area (Å²) in [5, 5.41) is 3.18. The number of ether oxygens (including phenoxy) is 1. The first kappa shape index (κ1) is 17.1. The van der Waals surface area contributed by atoms with E-state index in [-0.39, 0.29) is 24.0 Å². The van der Waals surface area contributed by atoms with Crippen LogP contribution < -0.4 is 5.32 Å². The number of likely N-dealkylation sites (tertiary alicyclic amines) is 1. The van der Waals surface area contributed by atoms with Crippen LogP contribution in [0.3, 0.4) is 0 Å². The number of carbonyl (C=O) groups excluding carboxylic acids is 2. The van der Waals surface area contributed by atoms with Crippen molar-refractivity contribution in [3.8, 4) is 0 Å². The first-order chi connectivity index (χ1) is 10.6. The standard InChI is InChI=1S/C17H30N2O3/c1-13(2)12-22-17(21)19-10-8-15(9-11-19)18-16(20)14-6-4-3-5-7-14/h13-15H,3-12H2,1-2H3,(H,18,20). The van der Waals surface area contributed by atoms with E-state index < -0.39 is 0 Å². The van der Waals surface area contributed by atoms with E-state index in [1.54, 1.807) is 4.90 Å². The van der Waals surface area contributed by atoms with Crippen molar-refractivity contribution in [3.63, 3.8) is 0 Å². The van der Waals surface area contributed by atoms with Crippen molar-refractivity contribution in [3.05, 3.63) is 0 Å². The third-order valence-corrected chi connectivity index (χ3v) is 4.62. The molecule has 5 nitrogen and oxygen atoms in total. The van der Waals surface area contributed by atoms with E-state index in [2.05, 4.69) is 5.32 Å². The molecule has 126 valence electrons. The molecule has 0 aromatic heterocycles. The molecular weight excluding hydrogens is 280 g/mol. The van der Waals surface area contributed by atoms with Crippen LogP contribution >= 0.6 is 0 Å².